The molecular weight excluding hydrogens is 675 g/mol. The van der Waals surface area contributed by atoms with E-state index in [1.807, 2.05) is 49.5 Å². The zero-order chi connectivity index (χ0) is 30.7. The van der Waals surface area contributed by atoms with Gasteiger partial charge in [-0.3, -0.25) is 0 Å². The number of carboxylic acids is 1. The van der Waals surface area contributed by atoms with Crippen LogP contribution in [0.15, 0.2) is 77.5 Å². The molecule has 1 fully saturated rings. The first-order chi connectivity index (χ1) is 20.5. The molecule has 43 heavy (non-hydrogen) atoms. The van der Waals surface area contributed by atoms with Crippen LogP contribution in [-0.2, 0) is 15.8 Å². The van der Waals surface area contributed by atoms with Crippen molar-refractivity contribution < 1.29 is 36.7 Å². The Labute approximate surface area is 254 Å². The molecule has 1 saturated carbocycles. The molecule has 4 aromatic rings. The van der Waals surface area contributed by atoms with E-state index in [1.54, 1.807) is 0 Å². The topological polar surface area (TPSA) is 109 Å². The Bertz CT molecular complexity index is 1600. The maximum atomic E-state index is 14.4. The summed E-state index contributed by atoms with van der Waals surface area (Å²) >= 11 is -1.25. The molecule has 2 N–H and O–H groups in total. The molecule has 5 rings (SSSR count). The fraction of sp³-hybridized carbons (Fsp3) is 0.267. The number of carbonyl (C=O) groups excluding carboxylic acids is 1. The van der Waals surface area contributed by atoms with Crippen molar-refractivity contribution in [2.75, 3.05) is 15.5 Å². The van der Waals surface area contributed by atoms with Gasteiger partial charge >= 0.3 is 220 Å². The fourth-order valence-corrected chi connectivity index (χ4v) is 8.47. The van der Waals surface area contributed by atoms with Crippen molar-refractivity contribution in [3.05, 3.63) is 90.1 Å². The van der Waals surface area contributed by atoms with Gasteiger partial charge in [-0.15, -0.1) is 0 Å². The van der Waals surface area contributed by atoms with Gasteiger partial charge in [0.1, 0.15) is 0 Å². The first-order valence-electron chi connectivity index (χ1n) is 13.4. The van der Waals surface area contributed by atoms with Crippen LogP contribution in [0.2, 0.25) is 0 Å². The minimum atomic E-state index is -4.73. The van der Waals surface area contributed by atoms with E-state index in [0.29, 0.717) is 30.9 Å². The number of hydrogen-bond acceptors (Lipinski definition) is 6. The summed E-state index contributed by atoms with van der Waals surface area (Å²) in [6.45, 7) is 0. The zero-order valence-electron chi connectivity index (χ0n) is 22.8. The van der Waals surface area contributed by atoms with Gasteiger partial charge in [-0.1, -0.05) is 0 Å². The van der Waals surface area contributed by atoms with E-state index < -0.39 is 74.3 Å². The van der Waals surface area contributed by atoms with Crippen molar-refractivity contribution in [2.45, 2.75) is 31.4 Å². The summed E-state index contributed by atoms with van der Waals surface area (Å²) in [6, 6.07) is 17.4. The van der Waals surface area contributed by atoms with Crippen molar-refractivity contribution >= 4 is 48.2 Å². The van der Waals surface area contributed by atoms with Crippen LogP contribution < -0.4 is 12.0 Å². The first-order valence-corrected chi connectivity index (χ1v) is 16.1. The fourth-order valence-electron chi connectivity index (χ4n) is 5.45. The number of carbonyl (C=O) groups is 2. The van der Waals surface area contributed by atoms with Crippen LogP contribution in [0.4, 0.5) is 28.9 Å². The number of nitrogens with one attached hydrogen (secondary N) is 1. The molecule has 3 aromatic carbocycles. The van der Waals surface area contributed by atoms with Crippen LogP contribution in [0.5, 0.6) is 0 Å². The van der Waals surface area contributed by atoms with E-state index >= 15 is 0 Å². The maximum absolute atomic E-state index is 14.4. The van der Waals surface area contributed by atoms with Crippen LogP contribution in [0.3, 0.4) is 0 Å². The van der Waals surface area contributed by atoms with Crippen LogP contribution in [0, 0.1) is 17.7 Å². The number of nitrogens with zero attached hydrogens (tertiary/aromatic N) is 3. The van der Waals surface area contributed by atoms with E-state index in [0.717, 1.165) is 22.9 Å². The molecule has 1 heterocycles. The SMILES string of the molecule is C[N]([Sn][c]1cccc(-c2nnco2)c1)c1ccc([C@H]2CCC[C@@H](C(=O)Nc3ccc(C(F)(F)F)cc3F)[C@@H]2C(=O)O)cc1. The molecule has 0 spiro atoms. The number of benzene rings is 3. The van der Waals surface area contributed by atoms with E-state index in [-0.39, 0.29) is 6.42 Å². The third-order valence-corrected chi connectivity index (χ3v) is 10.9. The van der Waals surface area contributed by atoms with Gasteiger partial charge in [0.05, 0.1) is 5.56 Å². The van der Waals surface area contributed by atoms with Crippen molar-refractivity contribution in [1.82, 2.24) is 10.2 Å². The van der Waals surface area contributed by atoms with Gasteiger partial charge < -0.3 is 0 Å². The summed E-state index contributed by atoms with van der Waals surface area (Å²) in [7, 11) is 2.00. The quantitative estimate of drug-likeness (QED) is 0.185. The van der Waals surface area contributed by atoms with Crippen molar-refractivity contribution in [3.63, 3.8) is 0 Å². The number of aliphatic carboxylic acids is 1. The molecule has 3 atom stereocenters. The summed E-state index contributed by atoms with van der Waals surface area (Å²) < 4.78 is 61.8. The van der Waals surface area contributed by atoms with Crippen molar-refractivity contribution in [3.8, 4) is 11.5 Å². The van der Waals surface area contributed by atoms with Crippen molar-refractivity contribution in [1.29, 1.82) is 0 Å². The molecule has 13 heteroatoms. The van der Waals surface area contributed by atoms with Crippen LogP contribution in [0.25, 0.3) is 11.5 Å². The third-order valence-electron chi connectivity index (χ3n) is 7.55. The van der Waals surface area contributed by atoms with Crippen LogP contribution in [0.1, 0.15) is 36.3 Å². The Balaban J connectivity index is 1.29. The van der Waals surface area contributed by atoms with E-state index in [1.165, 1.54) is 9.97 Å². The second-order valence-electron chi connectivity index (χ2n) is 10.3. The second-order valence-corrected chi connectivity index (χ2v) is 14.5. The average Bonchev–Trinajstić information content (AvgIpc) is 3.53. The van der Waals surface area contributed by atoms with Crippen LogP contribution in [-0.4, -0.2) is 55.6 Å². The number of aromatic nitrogens is 2. The molecule has 0 unspecified atom stereocenters. The number of anilines is 2. The summed E-state index contributed by atoms with van der Waals surface area (Å²) in [5.41, 5.74) is 0.972. The molecule has 2 radical (unpaired) electrons. The van der Waals surface area contributed by atoms with E-state index in [4.69, 9.17) is 4.42 Å². The number of rotatable bonds is 8. The zero-order valence-corrected chi connectivity index (χ0v) is 25.7. The molecule has 1 aromatic heterocycles. The summed E-state index contributed by atoms with van der Waals surface area (Å²) in [4.78, 5) is 25.6. The molecule has 1 aliphatic carbocycles. The number of carboxylic acid groups (broad SMARTS) is 1. The molecule has 0 saturated heterocycles. The Morgan fingerprint density at radius 2 is 1.84 bits per heavy atom. The number of halogens is 4. The van der Waals surface area contributed by atoms with Gasteiger partial charge in [0, 0.05) is 0 Å². The summed E-state index contributed by atoms with van der Waals surface area (Å²) in [6.07, 6.45) is -2.08. The molecular formula is C30H26F4N4O4Sn. The number of amides is 1. The van der Waals surface area contributed by atoms with Gasteiger partial charge in [-0.2, -0.15) is 13.2 Å². The molecule has 0 aliphatic heterocycles. The van der Waals surface area contributed by atoms with Gasteiger partial charge in [-0.25, -0.2) is 4.39 Å². The Morgan fingerprint density at radius 1 is 1.07 bits per heavy atom. The standard InChI is InChI=1S/C22H21F4N2O3.C8H5N2O.Sn/c1-27-14-8-5-12(6-9-14)15-3-2-4-16(19(15)21(30)31)20(29)28-18-10-7-13(11-17(18)23)22(24,25)26;1-2-4-7(5-3-1)8-10-9-6-11-8;/h5-11,15-16,19H,2-4H2,1H3,(H,28,29)(H,30,31);1-2,4-6H;/q-1;;+1/t15-,16-,19-;;/m1../s1. The van der Waals surface area contributed by atoms with Gasteiger partial charge in [0.15, 0.2) is 0 Å². The third kappa shape index (κ3) is 7.00. The van der Waals surface area contributed by atoms with Crippen LogP contribution >= 0.6 is 0 Å². The Hall–Kier alpha value is -3.94. The summed E-state index contributed by atoms with van der Waals surface area (Å²) in [5, 5.41) is 20.1. The molecule has 8 nitrogen and oxygen atoms in total. The predicted molar refractivity (Wildman–Crippen MR) is 151 cm³/mol. The molecule has 0 bridgehead atoms. The first kappa shape index (κ1) is 30.5. The molecule has 1 amide bonds. The monoisotopic (exact) mass is 702 g/mol. The number of alkyl halides is 3. The van der Waals surface area contributed by atoms with Gasteiger partial charge in [-0.05, 0) is 12.1 Å². The predicted octanol–water partition coefficient (Wildman–Crippen LogP) is 5.50. The second kappa shape index (κ2) is 12.7. The minimum absolute atomic E-state index is 0.262. The Morgan fingerprint density at radius 3 is 2.49 bits per heavy atom. The van der Waals surface area contributed by atoms with Gasteiger partial charge in [0.2, 0.25) is 0 Å². The molecule has 222 valence electrons. The summed E-state index contributed by atoms with van der Waals surface area (Å²) in [5.74, 6) is -5.22. The van der Waals surface area contributed by atoms with E-state index in [9.17, 15) is 32.3 Å². The van der Waals surface area contributed by atoms with E-state index in [2.05, 4.69) is 24.7 Å². The molecule has 1 aliphatic rings. The number of hydrogen-bond donors (Lipinski definition) is 2. The van der Waals surface area contributed by atoms with Crippen molar-refractivity contribution in [2.24, 2.45) is 11.8 Å². The average molecular weight is 701 g/mol. The normalized spacial score (nSPS) is 18.7. The van der Waals surface area contributed by atoms with Gasteiger partial charge in [0.25, 0.3) is 0 Å². The Kier molecular flexibility index (Phi) is 9.04.